The quantitative estimate of drug-likeness (QED) is 0.575. The average Bonchev–Trinajstić information content (AvgIpc) is 2.01. The molecule has 0 atom stereocenters. The number of nitro groups is 1. The van der Waals surface area contributed by atoms with Gasteiger partial charge in [0.2, 0.25) is 0 Å². The minimum absolute atomic E-state index is 0.173. The highest BCUT2D eigenvalue weighted by Crippen LogP contribution is 2.27. The Morgan fingerprint density at radius 3 is 2.69 bits per heavy atom. The summed E-state index contributed by atoms with van der Waals surface area (Å²) in [4.78, 5) is 20.8. The van der Waals surface area contributed by atoms with Gasteiger partial charge in [-0.2, -0.15) is 0 Å². The van der Waals surface area contributed by atoms with Crippen LogP contribution in [0.3, 0.4) is 0 Å². The van der Waals surface area contributed by atoms with Crippen LogP contribution < -0.4 is 5.56 Å². The van der Waals surface area contributed by atoms with Crippen molar-refractivity contribution in [3.8, 4) is 0 Å². The Hall–Kier alpha value is -0.880. The second kappa shape index (κ2) is 3.47. The lowest BCUT2D eigenvalue weighted by atomic mass is 10.4. The van der Waals surface area contributed by atoms with Crippen LogP contribution in [0.2, 0.25) is 5.02 Å². The third-order valence-electron chi connectivity index (χ3n) is 1.43. The Labute approximate surface area is 86.2 Å². The third-order valence-corrected chi connectivity index (χ3v) is 2.64. The number of rotatable bonds is 1. The van der Waals surface area contributed by atoms with E-state index in [2.05, 4.69) is 15.9 Å². The third kappa shape index (κ3) is 1.73. The van der Waals surface area contributed by atoms with Gasteiger partial charge >= 0.3 is 11.2 Å². The maximum atomic E-state index is 11.2. The first-order valence-corrected chi connectivity index (χ1v) is 4.31. The molecule has 70 valence electrons. The summed E-state index contributed by atoms with van der Waals surface area (Å²) in [5.41, 5.74) is -1.34. The van der Waals surface area contributed by atoms with Crippen molar-refractivity contribution in [3.63, 3.8) is 0 Å². The van der Waals surface area contributed by atoms with E-state index in [-0.39, 0.29) is 5.02 Å². The largest absolute Gasteiger partial charge is 0.353 e. The molecule has 0 aliphatic rings. The lowest BCUT2D eigenvalue weighted by Gasteiger charge is -2.00. The molecule has 1 aromatic rings. The predicted molar refractivity (Wildman–Crippen MR) is 51.0 cm³/mol. The first-order valence-electron chi connectivity index (χ1n) is 3.14. The second-order valence-electron chi connectivity index (χ2n) is 2.31. The maximum Gasteiger partial charge on any atom is 0.353 e. The highest BCUT2D eigenvalue weighted by molar-refractivity contribution is 9.10. The number of aromatic nitrogens is 1. The van der Waals surface area contributed by atoms with Gasteiger partial charge in [0, 0.05) is 13.2 Å². The Bertz CT molecular complexity index is 429. The molecule has 1 aromatic heterocycles. The number of hydrogen-bond donors (Lipinski definition) is 0. The van der Waals surface area contributed by atoms with Crippen molar-refractivity contribution >= 4 is 33.2 Å². The predicted octanol–water partition coefficient (Wildman–Crippen LogP) is 1.71. The van der Waals surface area contributed by atoms with Gasteiger partial charge in [-0.05, 0) is 15.9 Å². The van der Waals surface area contributed by atoms with Crippen molar-refractivity contribution in [1.29, 1.82) is 0 Å². The fourth-order valence-corrected chi connectivity index (χ4v) is 1.51. The number of halogens is 2. The SMILES string of the molecule is Cn1cc(Br)c(Cl)c([N+](=O)[O-])c1=O. The molecular formula is C6H4BrClN2O3. The zero-order chi connectivity index (χ0) is 10.2. The monoisotopic (exact) mass is 266 g/mol. The number of hydrogen-bond acceptors (Lipinski definition) is 3. The number of nitrogens with zero attached hydrogens (tertiary/aromatic N) is 2. The van der Waals surface area contributed by atoms with Crippen LogP contribution in [0.1, 0.15) is 0 Å². The summed E-state index contributed by atoms with van der Waals surface area (Å²) in [5, 5.41) is 10.3. The van der Waals surface area contributed by atoms with Gasteiger partial charge in [-0.3, -0.25) is 14.9 Å². The molecule has 0 fully saturated rings. The Morgan fingerprint density at radius 2 is 2.23 bits per heavy atom. The van der Waals surface area contributed by atoms with Gasteiger partial charge in [0.15, 0.2) is 0 Å². The lowest BCUT2D eigenvalue weighted by Crippen LogP contribution is -2.19. The Morgan fingerprint density at radius 1 is 1.69 bits per heavy atom. The van der Waals surface area contributed by atoms with Crippen LogP contribution in [0.4, 0.5) is 5.69 Å². The first-order chi connectivity index (χ1) is 5.95. The fourth-order valence-electron chi connectivity index (χ4n) is 0.818. The van der Waals surface area contributed by atoms with Crippen molar-refractivity contribution in [3.05, 3.63) is 36.2 Å². The summed E-state index contributed by atoms with van der Waals surface area (Å²) in [5.74, 6) is 0. The van der Waals surface area contributed by atoms with Gasteiger partial charge in [0.25, 0.3) is 0 Å². The van der Waals surface area contributed by atoms with Crippen LogP contribution in [0, 0.1) is 10.1 Å². The van der Waals surface area contributed by atoms with Crippen molar-refractivity contribution in [2.75, 3.05) is 0 Å². The molecule has 5 nitrogen and oxygen atoms in total. The molecule has 1 rings (SSSR count). The highest BCUT2D eigenvalue weighted by atomic mass is 79.9. The maximum absolute atomic E-state index is 11.2. The van der Waals surface area contributed by atoms with Crippen molar-refractivity contribution < 1.29 is 4.92 Å². The lowest BCUT2D eigenvalue weighted by molar-refractivity contribution is -0.386. The van der Waals surface area contributed by atoms with E-state index in [9.17, 15) is 14.9 Å². The average molecular weight is 267 g/mol. The molecule has 0 saturated carbocycles. The smallest absolute Gasteiger partial charge is 0.311 e. The summed E-state index contributed by atoms with van der Waals surface area (Å²) >= 11 is 8.57. The summed E-state index contributed by atoms with van der Waals surface area (Å²) in [7, 11) is 1.41. The van der Waals surface area contributed by atoms with Crippen molar-refractivity contribution in [2.45, 2.75) is 0 Å². The van der Waals surface area contributed by atoms with Gasteiger partial charge in [-0.25, -0.2) is 0 Å². The Kier molecular flexibility index (Phi) is 2.72. The van der Waals surface area contributed by atoms with Crippen LogP contribution in [0.15, 0.2) is 15.5 Å². The molecule has 1 heterocycles. The molecule has 0 N–H and O–H groups in total. The Balaban J connectivity index is 3.66. The molecule has 0 aliphatic heterocycles. The molecule has 13 heavy (non-hydrogen) atoms. The zero-order valence-corrected chi connectivity index (χ0v) is 8.79. The molecule has 0 aromatic carbocycles. The van der Waals surface area contributed by atoms with E-state index >= 15 is 0 Å². The first kappa shape index (κ1) is 10.2. The summed E-state index contributed by atoms with van der Waals surface area (Å²) < 4.78 is 1.41. The van der Waals surface area contributed by atoms with Crippen LogP contribution in [-0.4, -0.2) is 9.49 Å². The van der Waals surface area contributed by atoms with Crippen LogP contribution in [-0.2, 0) is 7.05 Å². The normalized spacial score (nSPS) is 10.1. The number of pyridine rings is 1. The molecular weight excluding hydrogens is 263 g/mol. The van der Waals surface area contributed by atoms with Gasteiger partial charge in [0.05, 0.1) is 9.40 Å². The molecule has 7 heteroatoms. The van der Waals surface area contributed by atoms with E-state index in [4.69, 9.17) is 11.6 Å². The topological polar surface area (TPSA) is 65.1 Å². The minimum Gasteiger partial charge on any atom is -0.311 e. The van der Waals surface area contributed by atoms with E-state index in [1.54, 1.807) is 0 Å². The van der Waals surface area contributed by atoms with Gasteiger partial charge in [-0.1, -0.05) is 11.6 Å². The van der Waals surface area contributed by atoms with Crippen LogP contribution >= 0.6 is 27.5 Å². The summed E-state index contributed by atoms with van der Waals surface area (Å²) in [6, 6.07) is 0. The van der Waals surface area contributed by atoms with Crippen LogP contribution in [0.5, 0.6) is 0 Å². The van der Waals surface area contributed by atoms with Gasteiger partial charge in [-0.15, -0.1) is 0 Å². The molecule has 0 amide bonds. The molecule has 0 unspecified atom stereocenters. The fraction of sp³-hybridized carbons (Fsp3) is 0.167. The van der Waals surface area contributed by atoms with Gasteiger partial charge < -0.3 is 4.57 Å². The van der Waals surface area contributed by atoms with Crippen molar-refractivity contribution in [2.24, 2.45) is 7.05 Å². The molecule has 0 spiro atoms. The van der Waals surface area contributed by atoms with E-state index in [1.165, 1.54) is 13.2 Å². The minimum atomic E-state index is -0.796. The van der Waals surface area contributed by atoms with E-state index in [0.717, 1.165) is 4.57 Å². The summed E-state index contributed by atoms with van der Waals surface area (Å²) in [6.45, 7) is 0. The summed E-state index contributed by atoms with van der Waals surface area (Å²) in [6.07, 6.45) is 1.37. The van der Waals surface area contributed by atoms with Gasteiger partial charge in [0.1, 0.15) is 5.02 Å². The standard InChI is InChI=1S/C6H4BrClN2O3/c1-9-2-3(7)4(8)5(6(9)11)10(12)13/h2H,1H3. The van der Waals surface area contributed by atoms with E-state index in [1.807, 2.05) is 0 Å². The van der Waals surface area contributed by atoms with Crippen LogP contribution in [0.25, 0.3) is 0 Å². The highest BCUT2D eigenvalue weighted by Gasteiger charge is 2.21. The van der Waals surface area contributed by atoms with Crippen molar-refractivity contribution in [1.82, 2.24) is 4.57 Å². The van der Waals surface area contributed by atoms with E-state index < -0.39 is 16.2 Å². The molecule has 0 aliphatic carbocycles. The molecule has 0 radical (unpaired) electrons. The molecule has 0 bridgehead atoms. The second-order valence-corrected chi connectivity index (χ2v) is 3.55. The number of aryl methyl sites for hydroxylation is 1. The molecule has 0 saturated heterocycles. The van der Waals surface area contributed by atoms with E-state index in [0.29, 0.717) is 4.47 Å². The zero-order valence-electron chi connectivity index (χ0n) is 6.45.